The normalized spacial score (nSPS) is 13.4. The lowest BCUT2D eigenvalue weighted by Crippen LogP contribution is -2.29. The summed E-state index contributed by atoms with van der Waals surface area (Å²) in [4.78, 5) is 19.2. The van der Waals surface area contributed by atoms with Crippen molar-refractivity contribution in [2.45, 2.75) is 6.42 Å². The Morgan fingerprint density at radius 1 is 1.09 bits per heavy atom. The lowest BCUT2D eigenvalue weighted by atomic mass is 10.1. The minimum Gasteiger partial charge on any atom is -0.292 e. The lowest BCUT2D eigenvalue weighted by molar-refractivity contribution is 0.0989. The first-order chi connectivity index (χ1) is 11.1. The fraction of sp³-hybridized carbons (Fsp3) is 0.111. The van der Waals surface area contributed by atoms with Gasteiger partial charge in [0, 0.05) is 17.0 Å². The van der Waals surface area contributed by atoms with Crippen LogP contribution in [-0.2, 0) is 6.42 Å². The minimum absolute atomic E-state index is 0.116. The van der Waals surface area contributed by atoms with Gasteiger partial charge in [-0.15, -0.1) is 0 Å². The van der Waals surface area contributed by atoms with Crippen molar-refractivity contribution in [3.05, 3.63) is 69.7 Å². The maximum absolute atomic E-state index is 12.8. The van der Waals surface area contributed by atoms with Gasteiger partial charge in [-0.05, 0) is 48.4 Å². The Bertz CT molecular complexity index is 939. The van der Waals surface area contributed by atoms with Crippen LogP contribution in [0.15, 0.2) is 48.5 Å². The van der Waals surface area contributed by atoms with Gasteiger partial charge in [0.1, 0.15) is 5.82 Å². The number of nitrogens with zero attached hydrogens (tertiary/aromatic N) is 2. The average molecular weight is 343 g/mol. The molecule has 1 aromatic heterocycles. The van der Waals surface area contributed by atoms with Gasteiger partial charge in [-0.25, -0.2) is 4.98 Å². The first kappa shape index (κ1) is 14.5. The molecule has 0 saturated heterocycles. The van der Waals surface area contributed by atoms with Crippen LogP contribution in [0.2, 0.25) is 10.0 Å². The lowest BCUT2D eigenvalue weighted by Gasteiger charge is -2.17. The molecule has 0 fully saturated rings. The van der Waals surface area contributed by atoms with Crippen LogP contribution in [-0.4, -0.2) is 17.4 Å². The van der Waals surface area contributed by atoms with E-state index in [2.05, 4.69) is 11.1 Å². The summed E-state index contributed by atoms with van der Waals surface area (Å²) in [6.45, 7) is 0.608. The van der Waals surface area contributed by atoms with Gasteiger partial charge in [-0.1, -0.05) is 35.3 Å². The Hall–Kier alpha value is -2.10. The molecule has 1 aliphatic rings. The number of benzene rings is 2. The number of rotatable bonds is 1. The molecule has 4 rings (SSSR count). The highest BCUT2D eigenvalue weighted by Gasteiger charge is 2.28. The largest absolute Gasteiger partial charge is 0.292 e. The van der Waals surface area contributed by atoms with Crippen molar-refractivity contribution < 1.29 is 4.79 Å². The van der Waals surface area contributed by atoms with Crippen LogP contribution >= 0.6 is 23.2 Å². The molecule has 0 aliphatic carbocycles. The minimum atomic E-state index is -0.116. The van der Waals surface area contributed by atoms with Crippen LogP contribution in [0.1, 0.15) is 15.9 Å². The van der Waals surface area contributed by atoms with Gasteiger partial charge in [0.15, 0.2) is 0 Å². The second kappa shape index (κ2) is 5.52. The maximum atomic E-state index is 12.8. The SMILES string of the molecule is O=C(c1ccccc1Cl)N1CCc2cc3cc(Cl)ccc3nc21. The van der Waals surface area contributed by atoms with Crippen LogP contribution in [0.4, 0.5) is 5.82 Å². The van der Waals surface area contributed by atoms with E-state index in [0.29, 0.717) is 28.0 Å². The fourth-order valence-electron chi connectivity index (χ4n) is 2.91. The van der Waals surface area contributed by atoms with E-state index in [1.54, 1.807) is 23.1 Å². The van der Waals surface area contributed by atoms with Crippen LogP contribution < -0.4 is 4.90 Å². The molecule has 3 aromatic rings. The van der Waals surface area contributed by atoms with Gasteiger partial charge in [0.25, 0.3) is 5.91 Å². The average Bonchev–Trinajstić information content (AvgIpc) is 2.95. The monoisotopic (exact) mass is 342 g/mol. The number of pyridine rings is 1. The third-order valence-corrected chi connectivity index (χ3v) is 4.61. The number of halogens is 2. The van der Waals surface area contributed by atoms with E-state index < -0.39 is 0 Å². The molecule has 0 N–H and O–H groups in total. The van der Waals surface area contributed by atoms with Crippen molar-refractivity contribution in [2.75, 3.05) is 11.4 Å². The molecule has 0 unspecified atom stereocenters. The van der Waals surface area contributed by atoms with Gasteiger partial charge in [-0.2, -0.15) is 0 Å². The number of amides is 1. The van der Waals surface area contributed by atoms with Crippen LogP contribution in [0.3, 0.4) is 0 Å². The Labute approximate surface area is 143 Å². The molecule has 0 spiro atoms. The third kappa shape index (κ3) is 2.46. The topological polar surface area (TPSA) is 33.2 Å². The quantitative estimate of drug-likeness (QED) is 0.639. The zero-order valence-electron chi connectivity index (χ0n) is 12.1. The number of hydrogen-bond donors (Lipinski definition) is 0. The van der Waals surface area contributed by atoms with E-state index in [1.165, 1.54) is 0 Å². The van der Waals surface area contributed by atoms with E-state index in [4.69, 9.17) is 23.2 Å². The molecular weight excluding hydrogens is 331 g/mol. The summed E-state index contributed by atoms with van der Waals surface area (Å²) in [5.74, 6) is 0.597. The van der Waals surface area contributed by atoms with Gasteiger partial charge in [0.2, 0.25) is 0 Å². The Morgan fingerprint density at radius 3 is 2.74 bits per heavy atom. The fourth-order valence-corrected chi connectivity index (χ4v) is 3.31. The summed E-state index contributed by atoms with van der Waals surface area (Å²) in [6, 6.07) is 14.7. The third-order valence-electron chi connectivity index (χ3n) is 4.04. The van der Waals surface area contributed by atoms with Crippen molar-refractivity contribution in [1.82, 2.24) is 4.98 Å². The number of carbonyl (C=O) groups excluding carboxylic acids is 1. The standard InChI is InChI=1S/C18H12Cl2N2O/c19-13-5-6-16-12(10-13)9-11-7-8-22(17(11)21-16)18(23)14-3-1-2-4-15(14)20/h1-6,9-10H,7-8H2. The summed E-state index contributed by atoms with van der Waals surface area (Å²) in [6.07, 6.45) is 0.779. The molecule has 1 amide bonds. The number of fused-ring (bicyclic) bond motifs is 2. The molecule has 3 nitrogen and oxygen atoms in total. The summed E-state index contributed by atoms with van der Waals surface area (Å²) in [7, 11) is 0. The first-order valence-corrected chi connectivity index (χ1v) is 8.04. The van der Waals surface area contributed by atoms with Gasteiger partial charge >= 0.3 is 0 Å². The van der Waals surface area contributed by atoms with E-state index in [1.807, 2.05) is 24.3 Å². The summed E-state index contributed by atoms with van der Waals surface area (Å²) < 4.78 is 0. The molecular formula is C18H12Cl2N2O. The number of aromatic nitrogens is 1. The smallest absolute Gasteiger partial charge is 0.260 e. The van der Waals surface area contributed by atoms with Crippen LogP contribution in [0.5, 0.6) is 0 Å². The highest BCUT2D eigenvalue weighted by molar-refractivity contribution is 6.34. The molecule has 2 aromatic carbocycles. The number of carbonyl (C=O) groups is 1. The first-order valence-electron chi connectivity index (χ1n) is 7.29. The van der Waals surface area contributed by atoms with Crippen LogP contribution in [0.25, 0.3) is 10.9 Å². The molecule has 114 valence electrons. The van der Waals surface area contributed by atoms with E-state index in [0.717, 1.165) is 22.9 Å². The molecule has 1 aliphatic heterocycles. The second-order valence-electron chi connectivity index (χ2n) is 5.49. The molecule has 0 saturated carbocycles. The van der Waals surface area contributed by atoms with Crippen molar-refractivity contribution >= 4 is 45.8 Å². The number of hydrogen-bond acceptors (Lipinski definition) is 2. The number of anilines is 1. The zero-order chi connectivity index (χ0) is 16.0. The van der Waals surface area contributed by atoms with E-state index >= 15 is 0 Å². The Kier molecular flexibility index (Phi) is 3.47. The van der Waals surface area contributed by atoms with Crippen molar-refractivity contribution in [3.63, 3.8) is 0 Å². The molecule has 0 atom stereocenters. The van der Waals surface area contributed by atoms with E-state index in [9.17, 15) is 4.79 Å². The molecule has 2 heterocycles. The Balaban J connectivity index is 1.79. The Morgan fingerprint density at radius 2 is 1.91 bits per heavy atom. The van der Waals surface area contributed by atoms with Crippen molar-refractivity contribution in [3.8, 4) is 0 Å². The molecule has 23 heavy (non-hydrogen) atoms. The molecule has 5 heteroatoms. The highest BCUT2D eigenvalue weighted by Crippen LogP contribution is 2.32. The van der Waals surface area contributed by atoms with E-state index in [-0.39, 0.29) is 5.91 Å². The molecule has 0 radical (unpaired) electrons. The van der Waals surface area contributed by atoms with Crippen molar-refractivity contribution in [1.29, 1.82) is 0 Å². The summed E-state index contributed by atoms with van der Waals surface area (Å²) in [5.41, 5.74) is 2.38. The second-order valence-corrected chi connectivity index (χ2v) is 6.34. The predicted octanol–water partition coefficient (Wildman–Crippen LogP) is 4.74. The zero-order valence-corrected chi connectivity index (χ0v) is 13.6. The van der Waals surface area contributed by atoms with Gasteiger partial charge < -0.3 is 0 Å². The van der Waals surface area contributed by atoms with Crippen LogP contribution in [0, 0.1) is 0 Å². The van der Waals surface area contributed by atoms with Gasteiger partial charge in [0.05, 0.1) is 16.1 Å². The molecule has 0 bridgehead atoms. The van der Waals surface area contributed by atoms with Crippen molar-refractivity contribution in [2.24, 2.45) is 0 Å². The van der Waals surface area contributed by atoms with Gasteiger partial charge in [-0.3, -0.25) is 9.69 Å². The predicted molar refractivity (Wildman–Crippen MR) is 93.6 cm³/mol. The highest BCUT2D eigenvalue weighted by atomic mass is 35.5. The summed E-state index contributed by atoms with van der Waals surface area (Å²) in [5, 5.41) is 2.13. The maximum Gasteiger partial charge on any atom is 0.260 e. The summed E-state index contributed by atoms with van der Waals surface area (Å²) >= 11 is 12.2.